The zero-order valence-corrected chi connectivity index (χ0v) is 12.9. The minimum atomic E-state index is 0.275. The predicted molar refractivity (Wildman–Crippen MR) is 83.5 cm³/mol. The van der Waals surface area contributed by atoms with E-state index < -0.39 is 0 Å². The van der Waals surface area contributed by atoms with Gasteiger partial charge in [0.05, 0.1) is 6.07 Å². The molecule has 0 spiro atoms. The summed E-state index contributed by atoms with van der Waals surface area (Å²) in [5, 5.41) is 13.4. The van der Waals surface area contributed by atoms with Crippen LogP contribution in [0.25, 0.3) is 0 Å². The second-order valence-corrected chi connectivity index (χ2v) is 6.34. The summed E-state index contributed by atoms with van der Waals surface area (Å²) in [6, 6.07) is 10.9. The lowest BCUT2D eigenvalue weighted by Gasteiger charge is -2.38. The van der Waals surface area contributed by atoms with E-state index >= 15 is 0 Å². The Kier molecular flexibility index (Phi) is 5.46. The fraction of sp³-hybridized carbons (Fsp3) is 0.588. The summed E-state index contributed by atoms with van der Waals surface area (Å²) in [5.41, 5.74) is 1.44. The number of rotatable bonds is 5. The molecule has 1 aliphatic carbocycles. The highest BCUT2D eigenvalue weighted by Crippen LogP contribution is 2.41. The maximum absolute atomic E-state index is 8.98. The van der Waals surface area contributed by atoms with E-state index in [2.05, 4.69) is 24.4 Å². The maximum Gasteiger partial charge on any atom is 0.0627 e. The van der Waals surface area contributed by atoms with Crippen LogP contribution in [0.4, 0.5) is 0 Å². The quantitative estimate of drug-likeness (QED) is 0.854. The summed E-state index contributed by atoms with van der Waals surface area (Å²) in [5.74, 6) is 0. The molecule has 0 heterocycles. The van der Waals surface area contributed by atoms with E-state index in [1.165, 1.54) is 18.4 Å². The Hall–Kier alpha value is -1.04. The number of halogens is 1. The van der Waals surface area contributed by atoms with Crippen molar-refractivity contribution in [3.63, 3.8) is 0 Å². The molecule has 20 heavy (non-hydrogen) atoms. The van der Waals surface area contributed by atoms with Crippen LogP contribution in [0, 0.1) is 16.7 Å². The van der Waals surface area contributed by atoms with Crippen molar-refractivity contribution in [1.29, 1.82) is 5.26 Å². The SMILES string of the molecule is CC[C@]1(CC#N)CC[C@H](NCc2ccccc2Cl)CC1. The molecule has 0 saturated heterocycles. The van der Waals surface area contributed by atoms with Gasteiger partial charge in [0.1, 0.15) is 0 Å². The van der Waals surface area contributed by atoms with Crippen LogP contribution in [0.15, 0.2) is 24.3 Å². The first-order valence-electron chi connectivity index (χ1n) is 7.53. The van der Waals surface area contributed by atoms with Crippen LogP contribution in [0.3, 0.4) is 0 Å². The molecule has 0 unspecified atom stereocenters. The second kappa shape index (κ2) is 7.11. The van der Waals surface area contributed by atoms with Gasteiger partial charge >= 0.3 is 0 Å². The summed E-state index contributed by atoms with van der Waals surface area (Å²) in [7, 11) is 0. The summed E-state index contributed by atoms with van der Waals surface area (Å²) in [6.45, 7) is 3.05. The van der Waals surface area contributed by atoms with Crippen LogP contribution in [0.2, 0.25) is 5.02 Å². The monoisotopic (exact) mass is 290 g/mol. The van der Waals surface area contributed by atoms with Crippen LogP contribution in [-0.4, -0.2) is 6.04 Å². The van der Waals surface area contributed by atoms with Gasteiger partial charge in [-0.2, -0.15) is 5.26 Å². The number of hydrogen-bond acceptors (Lipinski definition) is 2. The molecular weight excluding hydrogens is 268 g/mol. The van der Waals surface area contributed by atoms with E-state index in [4.69, 9.17) is 16.9 Å². The molecule has 0 aromatic heterocycles. The molecule has 0 amide bonds. The van der Waals surface area contributed by atoms with Crippen LogP contribution < -0.4 is 5.32 Å². The third-order valence-electron chi connectivity index (χ3n) is 4.79. The van der Waals surface area contributed by atoms with Gasteiger partial charge in [0, 0.05) is 24.0 Å². The lowest BCUT2D eigenvalue weighted by molar-refractivity contribution is 0.159. The van der Waals surface area contributed by atoms with Crippen molar-refractivity contribution in [3.05, 3.63) is 34.9 Å². The molecular formula is C17H23ClN2. The van der Waals surface area contributed by atoms with E-state index in [9.17, 15) is 0 Å². The largest absolute Gasteiger partial charge is 0.310 e. The molecule has 2 rings (SSSR count). The molecule has 1 saturated carbocycles. The van der Waals surface area contributed by atoms with Crippen LogP contribution in [0.5, 0.6) is 0 Å². The number of benzene rings is 1. The molecule has 108 valence electrons. The van der Waals surface area contributed by atoms with Gasteiger partial charge in [-0.1, -0.05) is 36.7 Å². The van der Waals surface area contributed by atoms with E-state index in [0.717, 1.165) is 30.8 Å². The van der Waals surface area contributed by atoms with Crippen molar-refractivity contribution in [2.75, 3.05) is 0 Å². The predicted octanol–water partition coefficient (Wildman–Crippen LogP) is 4.68. The van der Waals surface area contributed by atoms with Crippen LogP contribution in [-0.2, 0) is 6.54 Å². The molecule has 0 atom stereocenters. The van der Waals surface area contributed by atoms with Crippen molar-refractivity contribution < 1.29 is 0 Å². The van der Waals surface area contributed by atoms with E-state index in [1.807, 2.05) is 18.2 Å². The number of hydrogen-bond donors (Lipinski definition) is 1. The molecule has 0 bridgehead atoms. The van der Waals surface area contributed by atoms with Crippen molar-refractivity contribution in [2.45, 2.75) is 58.0 Å². The molecule has 2 nitrogen and oxygen atoms in total. The van der Waals surface area contributed by atoms with E-state index in [-0.39, 0.29) is 5.41 Å². The molecule has 1 N–H and O–H groups in total. The van der Waals surface area contributed by atoms with Crippen LogP contribution in [0.1, 0.15) is 51.0 Å². The molecule has 0 aliphatic heterocycles. The lowest BCUT2D eigenvalue weighted by Crippen LogP contribution is -2.37. The summed E-state index contributed by atoms with van der Waals surface area (Å²) < 4.78 is 0. The molecule has 1 aliphatic rings. The number of nitrogens with one attached hydrogen (secondary N) is 1. The lowest BCUT2D eigenvalue weighted by atomic mass is 9.69. The van der Waals surface area contributed by atoms with Gasteiger partial charge < -0.3 is 5.32 Å². The first kappa shape index (κ1) is 15.4. The normalized spacial score (nSPS) is 26.1. The Bertz CT molecular complexity index is 470. The molecule has 1 aromatic rings. The number of nitrogens with zero attached hydrogens (tertiary/aromatic N) is 1. The molecule has 1 aromatic carbocycles. The van der Waals surface area contributed by atoms with Gasteiger partial charge in [-0.25, -0.2) is 0 Å². The Morgan fingerprint density at radius 2 is 2.05 bits per heavy atom. The Balaban J connectivity index is 1.83. The summed E-state index contributed by atoms with van der Waals surface area (Å²) in [6.07, 6.45) is 6.49. The molecule has 3 heteroatoms. The second-order valence-electron chi connectivity index (χ2n) is 5.94. The average molecular weight is 291 g/mol. The minimum absolute atomic E-state index is 0.275. The fourth-order valence-corrected chi connectivity index (χ4v) is 3.36. The van der Waals surface area contributed by atoms with Gasteiger partial charge in [-0.3, -0.25) is 0 Å². The summed E-state index contributed by atoms with van der Waals surface area (Å²) in [4.78, 5) is 0. The highest BCUT2D eigenvalue weighted by Gasteiger charge is 2.33. The first-order chi connectivity index (χ1) is 9.69. The van der Waals surface area contributed by atoms with Crippen molar-refractivity contribution in [3.8, 4) is 6.07 Å². The third kappa shape index (κ3) is 3.75. The fourth-order valence-electron chi connectivity index (χ4n) is 3.15. The highest BCUT2D eigenvalue weighted by atomic mass is 35.5. The average Bonchev–Trinajstić information content (AvgIpc) is 2.48. The van der Waals surface area contributed by atoms with Gasteiger partial charge in [0.25, 0.3) is 0 Å². The van der Waals surface area contributed by atoms with Gasteiger partial charge in [0.2, 0.25) is 0 Å². The zero-order chi connectivity index (χ0) is 14.4. The Labute approximate surface area is 127 Å². The maximum atomic E-state index is 8.98. The van der Waals surface area contributed by atoms with Crippen LogP contribution >= 0.6 is 11.6 Å². The first-order valence-corrected chi connectivity index (χ1v) is 7.91. The van der Waals surface area contributed by atoms with E-state index in [1.54, 1.807) is 0 Å². The highest BCUT2D eigenvalue weighted by molar-refractivity contribution is 6.31. The summed E-state index contributed by atoms with van der Waals surface area (Å²) >= 11 is 6.17. The van der Waals surface area contributed by atoms with Crippen molar-refractivity contribution in [2.24, 2.45) is 5.41 Å². The van der Waals surface area contributed by atoms with Crippen molar-refractivity contribution in [1.82, 2.24) is 5.32 Å². The standard InChI is InChI=1S/C17H23ClN2/c1-2-17(11-12-19)9-7-15(8-10-17)20-13-14-5-3-4-6-16(14)18/h3-6,15,20H,2,7-11,13H2,1H3/t15-,17-. The molecule has 0 radical (unpaired) electrons. The Morgan fingerprint density at radius 1 is 1.35 bits per heavy atom. The number of nitriles is 1. The van der Waals surface area contributed by atoms with Gasteiger partial charge in [0.15, 0.2) is 0 Å². The minimum Gasteiger partial charge on any atom is -0.310 e. The van der Waals surface area contributed by atoms with E-state index in [0.29, 0.717) is 12.5 Å². The third-order valence-corrected chi connectivity index (χ3v) is 5.16. The smallest absolute Gasteiger partial charge is 0.0627 e. The zero-order valence-electron chi connectivity index (χ0n) is 12.2. The van der Waals surface area contributed by atoms with Gasteiger partial charge in [-0.05, 0) is 49.1 Å². The van der Waals surface area contributed by atoms with Crippen molar-refractivity contribution >= 4 is 11.6 Å². The Morgan fingerprint density at radius 3 is 2.65 bits per heavy atom. The topological polar surface area (TPSA) is 35.8 Å². The molecule has 1 fully saturated rings. The van der Waals surface area contributed by atoms with Gasteiger partial charge in [-0.15, -0.1) is 0 Å².